The van der Waals surface area contributed by atoms with Crippen LogP contribution in [0.15, 0.2) is 18.2 Å². The fourth-order valence-corrected chi connectivity index (χ4v) is 2.11. The van der Waals surface area contributed by atoms with Crippen LogP contribution in [-0.2, 0) is 0 Å². The van der Waals surface area contributed by atoms with Gasteiger partial charge in [-0.25, -0.2) is 0 Å². The first-order chi connectivity index (χ1) is 10.0. The largest absolute Gasteiger partial charge is 0.384 e. The molecule has 2 N–H and O–H groups in total. The number of carbonyl (C=O) groups is 1. The average molecular weight is 291 g/mol. The summed E-state index contributed by atoms with van der Waals surface area (Å²) in [5.41, 5.74) is 2.78. The van der Waals surface area contributed by atoms with E-state index >= 15 is 0 Å². The van der Waals surface area contributed by atoms with Gasteiger partial charge >= 0.3 is 0 Å². The molecule has 1 aromatic rings. The standard InChI is InChI=1S/C17H29N3O/c1-5-10-18-16-9-8-14(2)13-15(16)17(21)19-11-6-7-12-20(3)4/h8-9,13,18H,5-7,10-12H2,1-4H3,(H,19,21). The molecule has 0 fully saturated rings. The molecule has 0 saturated heterocycles. The van der Waals surface area contributed by atoms with E-state index in [0.29, 0.717) is 0 Å². The molecule has 0 aliphatic carbocycles. The summed E-state index contributed by atoms with van der Waals surface area (Å²) >= 11 is 0. The summed E-state index contributed by atoms with van der Waals surface area (Å²) in [6.07, 6.45) is 3.15. The minimum atomic E-state index is 0.0159. The summed E-state index contributed by atoms with van der Waals surface area (Å²) < 4.78 is 0. The van der Waals surface area contributed by atoms with E-state index in [0.717, 1.165) is 55.7 Å². The molecule has 4 heteroatoms. The van der Waals surface area contributed by atoms with Gasteiger partial charge in [-0.3, -0.25) is 4.79 Å². The minimum absolute atomic E-state index is 0.0159. The van der Waals surface area contributed by atoms with Crippen molar-refractivity contribution in [2.24, 2.45) is 0 Å². The van der Waals surface area contributed by atoms with Crippen LogP contribution < -0.4 is 10.6 Å². The average Bonchev–Trinajstić information content (AvgIpc) is 2.45. The molecule has 118 valence electrons. The number of anilines is 1. The highest BCUT2D eigenvalue weighted by Gasteiger charge is 2.10. The molecule has 0 aromatic heterocycles. The second-order valence-corrected chi connectivity index (χ2v) is 5.74. The Bertz CT molecular complexity index is 444. The Hall–Kier alpha value is -1.55. The molecular weight excluding hydrogens is 262 g/mol. The zero-order valence-corrected chi connectivity index (χ0v) is 13.8. The molecular formula is C17H29N3O. The third-order valence-electron chi connectivity index (χ3n) is 3.30. The van der Waals surface area contributed by atoms with Gasteiger partial charge in [-0.15, -0.1) is 0 Å². The van der Waals surface area contributed by atoms with E-state index in [1.165, 1.54) is 0 Å². The Balaban J connectivity index is 2.53. The molecule has 0 radical (unpaired) electrons. The van der Waals surface area contributed by atoms with Crippen molar-refractivity contribution in [3.63, 3.8) is 0 Å². The van der Waals surface area contributed by atoms with E-state index in [1.807, 2.05) is 25.1 Å². The topological polar surface area (TPSA) is 44.4 Å². The maximum Gasteiger partial charge on any atom is 0.253 e. The van der Waals surface area contributed by atoms with Crippen molar-refractivity contribution in [2.45, 2.75) is 33.1 Å². The van der Waals surface area contributed by atoms with E-state index in [2.05, 4.69) is 36.6 Å². The number of nitrogens with one attached hydrogen (secondary N) is 2. The van der Waals surface area contributed by atoms with Gasteiger partial charge in [0.25, 0.3) is 5.91 Å². The maximum atomic E-state index is 12.3. The zero-order chi connectivity index (χ0) is 15.7. The van der Waals surface area contributed by atoms with Crippen LogP contribution in [0.1, 0.15) is 42.1 Å². The van der Waals surface area contributed by atoms with Gasteiger partial charge in [-0.05, 0) is 59.0 Å². The number of rotatable bonds is 9. The number of aryl methyl sites for hydroxylation is 1. The summed E-state index contributed by atoms with van der Waals surface area (Å²) in [5.74, 6) is 0.0159. The lowest BCUT2D eigenvalue weighted by Crippen LogP contribution is -2.26. The van der Waals surface area contributed by atoms with Gasteiger partial charge in [-0.1, -0.05) is 18.6 Å². The summed E-state index contributed by atoms with van der Waals surface area (Å²) in [6, 6.07) is 5.98. The smallest absolute Gasteiger partial charge is 0.253 e. The van der Waals surface area contributed by atoms with E-state index in [4.69, 9.17) is 0 Å². The normalized spacial score (nSPS) is 10.7. The van der Waals surface area contributed by atoms with Crippen LogP contribution in [0.25, 0.3) is 0 Å². The molecule has 0 atom stereocenters. The number of nitrogens with zero attached hydrogens (tertiary/aromatic N) is 1. The van der Waals surface area contributed by atoms with Gasteiger partial charge in [0.2, 0.25) is 0 Å². The van der Waals surface area contributed by atoms with Crippen LogP contribution in [0.3, 0.4) is 0 Å². The summed E-state index contributed by atoms with van der Waals surface area (Å²) in [6.45, 7) is 6.80. The van der Waals surface area contributed by atoms with E-state index in [1.54, 1.807) is 0 Å². The SMILES string of the molecule is CCCNc1ccc(C)cc1C(=O)NCCCCN(C)C. The summed E-state index contributed by atoms with van der Waals surface area (Å²) in [4.78, 5) is 14.5. The van der Waals surface area contributed by atoms with E-state index in [-0.39, 0.29) is 5.91 Å². The second kappa shape index (κ2) is 9.40. The molecule has 0 aliphatic rings. The molecule has 0 unspecified atom stereocenters. The first kappa shape index (κ1) is 17.5. The molecule has 1 amide bonds. The Kier molecular flexibility index (Phi) is 7.83. The molecule has 0 heterocycles. The molecule has 1 aromatic carbocycles. The molecule has 0 spiro atoms. The zero-order valence-electron chi connectivity index (χ0n) is 13.8. The van der Waals surface area contributed by atoms with Gasteiger partial charge in [0.1, 0.15) is 0 Å². The molecule has 0 bridgehead atoms. The van der Waals surface area contributed by atoms with Crippen molar-refractivity contribution in [3.8, 4) is 0 Å². The minimum Gasteiger partial charge on any atom is -0.384 e. The Morgan fingerprint density at radius 1 is 1.19 bits per heavy atom. The van der Waals surface area contributed by atoms with Crippen molar-refractivity contribution < 1.29 is 4.79 Å². The van der Waals surface area contributed by atoms with Crippen molar-refractivity contribution >= 4 is 11.6 Å². The highest BCUT2D eigenvalue weighted by molar-refractivity contribution is 5.99. The van der Waals surface area contributed by atoms with Crippen LogP contribution in [-0.4, -0.2) is 44.5 Å². The summed E-state index contributed by atoms with van der Waals surface area (Å²) in [5, 5.41) is 6.34. The lowest BCUT2D eigenvalue weighted by molar-refractivity contribution is 0.0953. The fourth-order valence-electron chi connectivity index (χ4n) is 2.11. The first-order valence-electron chi connectivity index (χ1n) is 7.82. The van der Waals surface area contributed by atoms with Crippen molar-refractivity contribution in [2.75, 3.05) is 39.0 Å². The Morgan fingerprint density at radius 2 is 1.95 bits per heavy atom. The van der Waals surface area contributed by atoms with Gasteiger partial charge in [0.05, 0.1) is 5.56 Å². The fraction of sp³-hybridized carbons (Fsp3) is 0.588. The molecule has 4 nitrogen and oxygen atoms in total. The predicted molar refractivity (Wildman–Crippen MR) is 90.1 cm³/mol. The van der Waals surface area contributed by atoms with Gasteiger partial charge in [0.15, 0.2) is 0 Å². The van der Waals surface area contributed by atoms with Gasteiger partial charge in [-0.2, -0.15) is 0 Å². The van der Waals surface area contributed by atoms with Crippen molar-refractivity contribution in [1.29, 1.82) is 0 Å². The van der Waals surface area contributed by atoms with Crippen LogP contribution in [0.4, 0.5) is 5.69 Å². The molecule has 0 saturated carbocycles. The van der Waals surface area contributed by atoms with Crippen molar-refractivity contribution in [3.05, 3.63) is 29.3 Å². The quantitative estimate of drug-likeness (QED) is 0.688. The third-order valence-corrected chi connectivity index (χ3v) is 3.30. The predicted octanol–water partition coefficient (Wildman–Crippen LogP) is 2.89. The van der Waals surface area contributed by atoms with Crippen molar-refractivity contribution in [1.82, 2.24) is 10.2 Å². The van der Waals surface area contributed by atoms with Crippen LogP contribution in [0.2, 0.25) is 0 Å². The van der Waals surface area contributed by atoms with Gasteiger partial charge < -0.3 is 15.5 Å². The number of hydrogen-bond acceptors (Lipinski definition) is 3. The second-order valence-electron chi connectivity index (χ2n) is 5.74. The molecule has 21 heavy (non-hydrogen) atoms. The van der Waals surface area contributed by atoms with Crippen LogP contribution in [0.5, 0.6) is 0 Å². The Labute approximate surface area is 128 Å². The number of carbonyl (C=O) groups excluding carboxylic acids is 1. The highest BCUT2D eigenvalue weighted by atomic mass is 16.1. The maximum absolute atomic E-state index is 12.3. The molecule has 0 aliphatic heterocycles. The lowest BCUT2D eigenvalue weighted by Gasteiger charge is -2.13. The van der Waals surface area contributed by atoms with Crippen LogP contribution in [0, 0.1) is 6.92 Å². The highest BCUT2D eigenvalue weighted by Crippen LogP contribution is 2.17. The number of benzene rings is 1. The van der Waals surface area contributed by atoms with E-state index < -0.39 is 0 Å². The molecule has 1 rings (SSSR count). The van der Waals surface area contributed by atoms with Crippen LogP contribution >= 0.6 is 0 Å². The third kappa shape index (κ3) is 6.63. The van der Waals surface area contributed by atoms with Gasteiger partial charge in [0, 0.05) is 18.8 Å². The lowest BCUT2D eigenvalue weighted by atomic mass is 10.1. The Morgan fingerprint density at radius 3 is 2.62 bits per heavy atom. The number of hydrogen-bond donors (Lipinski definition) is 2. The number of unbranched alkanes of at least 4 members (excludes halogenated alkanes) is 1. The van der Waals surface area contributed by atoms with E-state index in [9.17, 15) is 4.79 Å². The number of amides is 1. The summed E-state index contributed by atoms with van der Waals surface area (Å²) in [7, 11) is 4.13. The monoisotopic (exact) mass is 291 g/mol. The first-order valence-corrected chi connectivity index (χ1v) is 7.82.